The van der Waals surface area contributed by atoms with Gasteiger partial charge in [0.15, 0.2) is 5.13 Å². The predicted molar refractivity (Wildman–Crippen MR) is 67.0 cm³/mol. The average molecular weight is 286 g/mol. The van der Waals surface area contributed by atoms with Gasteiger partial charge in [-0.2, -0.15) is 13.2 Å². The third-order valence-electron chi connectivity index (χ3n) is 2.32. The zero-order valence-corrected chi connectivity index (χ0v) is 10.6. The van der Waals surface area contributed by atoms with Crippen molar-refractivity contribution in [3.8, 4) is 11.3 Å². The lowest BCUT2D eigenvalue weighted by Crippen LogP contribution is -2.29. The van der Waals surface area contributed by atoms with Crippen LogP contribution in [0.2, 0.25) is 0 Å². The van der Waals surface area contributed by atoms with Crippen LogP contribution in [0.5, 0.6) is 0 Å². The number of benzene rings is 1. The predicted octanol–water partition coefficient (Wildman–Crippen LogP) is 3.62. The molecule has 1 N–H and O–H groups in total. The van der Waals surface area contributed by atoms with Gasteiger partial charge in [0.2, 0.25) is 0 Å². The van der Waals surface area contributed by atoms with Crippen molar-refractivity contribution in [3.05, 3.63) is 35.2 Å². The molecule has 19 heavy (non-hydrogen) atoms. The number of aromatic nitrogens is 1. The van der Waals surface area contributed by atoms with Gasteiger partial charge in [-0.1, -0.05) is 30.3 Å². The van der Waals surface area contributed by atoms with Crippen molar-refractivity contribution < 1.29 is 18.0 Å². The van der Waals surface area contributed by atoms with E-state index in [1.165, 1.54) is 0 Å². The van der Waals surface area contributed by atoms with Gasteiger partial charge in [0.05, 0.1) is 5.69 Å². The van der Waals surface area contributed by atoms with E-state index in [-0.39, 0.29) is 5.13 Å². The molecule has 0 radical (unpaired) electrons. The van der Waals surface area contributed by atoms with Crippen LogP contribution < -0.4 is 5.32 Å². The van der Waals surface area contributed by atoms with E-state index in [2.05, 4.69) is 4.98 Å². The highest BCUT2D eigenvalue weighted by atomic mass is 32.1. The molecule has 1 amide bonds. The summed E-state index contributed by atoms with van der Waals surface area (Å²) >= 11 is 1.01. The first-order valence-corrected chi connectivity index (χ1v) is 6.10. The second-order valence-electron chi connectivity index (χ2n) is 3.74. The Morgan fingerprint density at radius 1 is 1.26 bits per heavy atom. The van der Waals surface area contributed by atoms with Crippen molar-refractivity contribution in [2.75, 3.05) is 5.32 Å². The maximum atomic E-state index is 12.1. The van der Waals surface area contributed by atoms with Gasteiger partial charge in [-0.3, -0.25) is 10.1 Å². The number of rotatable bonds is 2. The van der Waals surface area contributed by atoms with Gasteiger partial charge in [-0.15, -0.1) is 11.3 Å². The molecule has 100 valence electrons. The number of amides is 1. The van der Waals surface area contributed by atoms with E-state index in [4.69, 9.17) is 0 Å². The summed E-state index contributed by atoms with van der Waals surface area (Å²) < 4.78 is 36.4. The van der Waals surface area contributed by atoms with Crippen molar-refractivity contribution >= 4 is 22.4 Å². The molecule has 2 rings (SSSR count). The lowest BCUT2D eigenvalue weighted by molar-refractivity contribution is -0.167. The molecule has 0 aliphatic rings. The van der Waals surface area contributed by atoms with Crippen molar-refractivity contribution in [1.29, 1.82) is 0 Å². The molecule has 1 heterocycles. The fourth-order valence-corrected chi connectivity index (χ4v) is 2.31. The van der Waals surface area contributed by atoms with E-state index in [1.54, 1.807) is 24.4 Å². The molecule has 0 unspecified atom stereocenters. The third kappa shape index (κ3) is 3.11. The summed E-state index contributed by atoms with van der Waals surface area (Å²) in [4.78, 5) is 15.6. The molecule has 0 fully saturated rings. The van der Waals surface area contributed by atoms with Gasteiger partial charge in [-0.25, -0.2) is 4.98 Å². The lowest BCUT2D eigenvalue weighted by Gasteiger charge is -2.04. The van der Waals surface area contributed by atoms with Crippen LogP contribution in [0.15, 0.2) is 30.3 Å². The van der Waals surface area contributed by atoms with Crippen molar-refractivity contribution in [2.45, 2.75) is 13.1 Å². The number of thiazole rings is 1. The number of hydrogen-bond acceptors (Lipinski definition) is 3. The molecular weight excluding hydrogens is 277 g/mol. The lowest BCUT2D eigenvalue weighted by atomic mass is 10.1. The van der Waals surface area contributed by atoms with Crippen LogP contribution in [0.4, 0.5) is 18.3 Å². The minimum Gasteiger partial charge on any atom is -0.294 e. The number of nitrogens with one attached hydrogen (secondary N) is 1. The van der Waals surface area contributed by atoms with Gasteiger partial charge in [0, 0.05) is 10.4 Å². The smallest absolute Gasteiger partial charge is 0.294 e. The van der Waals surface area contributed by atoms with Crippen LogP contribution in [0.1, 0.15) is 4.88 Å². The number of aryl methyl sites for hydroxylation is 1. The average Bonchev–Trinajstić information content (AvgIpc) is 2.70. The molecular formula is C12H9F3N2OS. The summed E-state index contributed by atoms with van der Waals surface area (Å²) in [6.07, 6.45) is -4.91. The molecule has 0 saturated heterocycles. The molecule has 0 saturated carbocycles. The van der Waals surface area contributed by atoms with Gasteiger partial charge in [0.1, 0.15) is 0 Å². The molecule has 0 atom stereocenters. The second kappa shape index (κ2) is 5.00. The number of carbonyl (C=O) groups excluding carboxylic acids is 1. The fraction of sp³-hybridized carbons (Fsp3) is 0.167. The first kappa shape index (κ1) is 13.5. The zero-order valence-electron chi connectivity index (χ0n) is 9.78. The number of hydrogen-bond donors (Lipinski definition) is 1. The Hall–Kier alpha value is -1.89. The van der Waals surface area contributed by atoms with Crippen LogP contribution >= 0.6 is 11.3 Å². The van der Waals surface area contributed by atoms with Crippen molar-refractivity contribution in [1.82, 2.24) is 4.98 Å². The van der Waals surface area contributed by atoms with Crippen molar-refractivity contribution in [3.63, 3.8) is 0 Å². The minimum atomic E-state index is -4.91. The SMILES string of the molecule is Cc1sc(NC(=O)C(F)(F)F)nc1-c1ccccc1. The summed E-state index contributed by atoms with van der Waals surface area (Å²) in [7, 11) is 0. The fourth-order valence-electron chi connectivity index (χ4n) is 1.48. The van der Waals surface area contributed by atoms with E-state index in [0.717, 1.165) is 21.8 Å². The summed E-state index contributed by atoms with van der Waals surface area (Å²) in [5, 5.41) is 1.70. The molecule has 0 aliphatic heterocycles. The van der Waals surface area contributed by atoms with Crippen LogP contribution in [-0.4, -0.2) is 17.1 Å². The molecule has 7 heteroatoms. The summed E-state index contributed by atoms with van der Waals surface area (Å²) in [6, 6.07) is 9.05. The Morgan fingerprint density at radius 3 is 2.47 bits per heavy atom. The van der Waals surface area contributed by atoms with Gasteiger partial charge in [0.25, 0.3) is 0 Å². The Labute approximate surface area is 111 Å². The highest BCUT2D eigenvalue weighted by Gasteiger charge is 2.39. The Morgan fingerprint density at radius 2 is 1.89 bits per heavy atom. The number of alkyl halides is 3. The topological polar surface area (TPSA) is 42.0 Å². The number of carbonyl (C=O) groups is 1. The van der Waals surface area contributed by atoms with Crippen LogP contribution in [0.3, 0.4) is 0 Å². The summed E-state index contributed by atoms with van der Waals surface area (Å²) in [5.41, 5.74) is 1.37. The van der Waals surface area contributed by atoms with E-state index in [0.29, 0.717) is 5.69 Å². The standard InChI is InChI=1S/C12H9F3N2OS/c1-7-9(8-5-3-2-4-6-8)16-11(19-7)17-10(18)12(13,14)15/h2-6H,1H3,(H,16,17,18). The maximum absolute atomic E-state index is 12.1. The Bertz CT molecular complexity index is 593. The number of anilines is 1. The number of halogens is 3. The van der Waals surface area contributed by atoms with Gasteiger partial charge >= 0.3 is 12.1 Å². The molecule has 0 bridgehead atoms. The molecule has 0 aliphatic carbocycles. The first-order chi connectivity index (χ1) is 8.88. The molecule has 2 aromatic rings. The maximum Gasteiger partial charge on any atom is 0.471 e. The highest BCUT2D eigenvalue weighted by Crippen LogP contribution is 2.31. The highest BCUT2D eigenvalue weighted by molar-refractivity contribution is 7.16. The second-order valence-corrected chi connectivity index (χ2v) is 4.94. The van der Waals surface area contributed by atoms with Crippen LogP contribution in [0, 0.1) is 6.92 Å². The molecule has 3 nitrogen and oxygen atoms in total. The van der Waals surface area contributed by atoms with Crippen LogP contribution in [0.25, 0.3) is 11.3 Å². The normalized spacial score (nSPS) is 11.4. The third-order valence-corrected chi connectivity index (χ3v) is 3.21. The number of nitrogens with zero attached hydrogens (tertiary/aromatic N) is 1. The van der Waals surface area contributed by atoms with E-state index < -0.39 is 12.1 Å². The van der Waals surface area contributed by atoms with E-state index >= 15 is 0 Å². The monoisotopic (exact) mass is 286 g/mol. The molecule has 1 aromatic heterocycles. The minimum absolute atomic E-state index is 0.0568. The van der Waals surface area contributed by atoms with Gasteiger partial charge in [-0.05, 0) is 6.92 Å². The Kier molecular flexibility index (Phi) is 3.57. The van der Waals surface area contributed by atoms with E-state index in [1.807, 2.05) is 18.2 Å². The largest absolute Gasteiger partial charge is 0.471 e. The summed E-state index contributed by atoms with van der Waals surface area (Å²) in [5.74, 6) is -2.01. The molecule has 1 aromatic carbocycles. The van der Waals surface area contributed by atoms with Crippen LogP contribution in [-0.2, 0) is 4.79 Å². The Balaban J connectivity index is 2.25. The van der Waals surface area contributed by atoms with Crippen molar-refractivity contribution in [2.24, 2.45) is 0 Å². The summed E-state index contributed by atoms with van der Waals surface area (Å²) in [6.45, 7) is 1.74. The zero-order chi connectivity index (χ0) is 14.0. The van der Waals surface area contributed by atoms with E-state index in [9.17, 15) is 18.0 Å². The van der Waals surface area contributed by atoms with Gasteiger partial charge < -0.3 is 0 Å². The quantitative estimate of drug-likeness (QED) is 0.916. The molecule has 0 spiro atoms. The first-order valence-electron chi connectivity index (χ1n) is 5.29.